The highest BCUT2D eigenvalue weighted by atomic mass is 16.5. The first-order chi connectivity index (χ1) is 14.7. The topological polar surface area (TPSA) is 44.8 Å². The van der Waals surface area contributed by atoms with Crippen molar-refractivity contribution in [1.29, 1.82) is 0 Å². The van der Waals surface area contributed by atoms with Gasteiger partial charge in [-0.3, -0.25) is 4.90 Å². The highest BCUT2D eigenvalue weighted by molar-refractivity contribution is 5.90. The molecule has 1 fully saturated rings. The molecule has 0 unspecified atom stereocenters. The van der Waals surface area contributed by atoms with E-state index >= 15 is 0 Å². The number of nitrogens with zero attached hydrogens (tertiary/aromatic N) is 2. The minimum absolute atomic E-state index is 0.0535. The van der Waals surface area contributed by atoms with Crippen molar-refractivity contribution in [1.82, 2.24) is 9.80 Å². The summed E-state index contributed by atoms with van der Waals surface area (Å²) < 4.78 is 6.08. The highest BCUT2D eigenvalue weighted by Crippen LogP contribution is 2.35. The lowest BCUT2D eigenvalue weighted by atomic mass is 9.97. The maximum Gasteiger partial charge on any atom is 0.322 e. The molecule has 5 heteroatoms. The van der Waals surface area contributed by atoms with E-state index in [1.807, 2.05) is 23.1 Å². The molecule has 0 radical (unpaired) electrons. The van der Waals surface area contributed by atoms with E-state index < -0.39 is 0 Å². The minimum atomic E-state index is -0.0535. The van der Waals surface area contributed by atoms with Crippen LogP contribution in [0.1, 0.15) is 36.5 Å². The van der Waals surface area contributed by atoms with Gasteiger partial charge in [-0.15, -0.1) is 0 Å². The molecule has 5 nitrogen and oxygen atoms in total. The number of amides is 2. The summed E-state index contributed by atoms with van der Waals surface area (Å²) in [6, 6.07) is 14.3. The van der Waals surface area contributed by atoms with Crippen LogP contribution in [0.5, 0.6) is 5.75 Å². The molecule has 3 aliphatic rings. The van der Waals surface area contributed by atoms with Gasteiger partial charge in [-0.05, 0) is 73.7 Å². The highest BCUT2D eigenvalue weighted by Gasteiger charge is 2.23. The van der Waals surface area contributed by atoms with Crippen LogP contribution in [-0.2, 0) is 13.0 Å². The molecule has 2 amide bonds. The van der Waals surface area contributed by atoms with Crippen LogP contribution in [0.15, 0.2) is 48.0 Å². The number of ether oxygens (including phenoxy) is 1. The van der Waals surface area contributed by atoms with Gasteiger partial charge in [0.1, 0.15) is 12.4 Å². The number of carbonyl (C=O) groups excluding carboxylic acids is 1. The van der Waals surface area contributed by atoms with Crippen LogP contribution in [-0.4, -0.2) is 48.6 Å². The van der Waals surface area contributed by atoms with Crippen molar-refractivity contribution in [3.8, 4) is 5.75 Å². The fourth-order valence-electron chi connectivity index (χ4n) is 4.74. The molecule has 0 atom stereocenters. The van der Waals surface area contributed by atoms with Gasteiger partial charge < -0.3 is 15.0 Å². The quantitative estimate of drug-likeness (QED) is 0.818. The Morgan fingerprint density at radius 2 is 1.87 bits per heavy atom. The van der Waals surface area contributed by atoms with Crippen LogP contribution in [0, 0.1) is 0 Å². The predicted octanol–water partition coefficient (Wildman–Crippen LogP) is 4.54. The average molecular weight is 404 g/mol. The van der Waals surface area contributed by atoms with Gasteiger partial charge in [-0.1, -0.05) is 24.3 Å². The number of hydrogen-bond donors (Lipinski definition) is 1. The molecular weight excluding hydrogens is 374 g/mol. The summed E-state index contributed by atoms with van der Waals surface area (Å²) in [6.45, 7) is 7.61. The summed E-state index contributed by atoms with van der Waals surface area (Å²) in [6.07, 6.45) is 3.51. The summed E-state index contributed by atoms with van der Waals surface area (Å²) >= 11 is 0. The van der Waals surface area contributed by atoms with Crippen molar-refractivity contribution in [3.05, 3.63) is 64.7 Å². The fraction of sp³-hybridized carbons (Fsp3) is 0.400. The Kier molecular flexibility index (Phi) is 5.21. The van der Waals surface area contributed by atoms with Crippen molar-refractivity contribution in [3.63, 3.8) is 0 Å². The molecule has 30 heavy (non-hydrogen) atoms. The van der Waals surface area contributed by atoms with Gasteiger partial charge in [-0.25, -0.2) is 4.79 Å². The Balaban J connectivity index is 1.27. The van der Waals surface area contributed by atoms with Crippen molar-refractivity contribution < 1.29 is 9.53 Å². The smallest absolute Gasteiger partial charge is 0.322 e. The molecule has 1 saturated heterocycles. The second kappa shape index (κ2) is 8.15. The van der Waals surface area contributed by atoms with Crippen LogP contribution in [0.3, 0.4) is 0 Å². The maximum atomic E-state index is 12.8. The molecule has 2 aromatic carbocycles. The molecule has 3 aliphatic heterocycles. The van der Waals surface area contributed by atoms with Gasteiger partial charge in [0.05, 0.1) is 0 Å². The molecule has 156 valence electrons. The SMILES string of the molecule is CC1=C(CN2CCCC2)COc2cc(NC(=O)N3CCc4ccccc4C3)ccc21. The third-order valence-electron chi connectivity index (χ3n) is 6.60. The first kappa shape index (κ1) is 19.2. The van der Waals surface area contributed by atoms with E-state index in [0.29, 0.717) is 13.2 Å². The number of allylic oxidation sites excluding steroid dienone is 1. The number of benzene rings is 2. The van der Waals surface area contributed by atoms with E-state index in [1.54, 1.807) is 0 Å². The van der Waals surface area contributed by atoms with E-state index in [4.69, 9.17) is 4.74 Å². The molecule has 3 heterocycles. The first-order valence-corrected chi connectivity index (χ1v) is 11.0. The Labute approximate surface area is 178 Å². The van der Waals surface area contributed by atoms with E-state index in [-0.39, 0.29) is 6.03 Å². The van der Waals surface area contributed by atoms with Crippen LogP contribution in [0.25, 0.3) is 5.57 Å². The molecule has 0 bridgehead atoms. The monoisotopic (exact) mass is 403 g/mol. The van der Waals surface area contributed by atoms with Crippen LogP contribution < -0.4 is 10.1 Å². The number of fused-ring (bicyclic) bond motifs is 2. The zero-order chi connectivity index (χ0) is 20.5. The van der Waals surface area contributed by atoms with Gasteiger partial charge >= 0.3 is 6.03 Å². The van der Waals surface area contributed by atoms with Crippen molar-refractivity contribution in [2.45, 2.75) is 32.7 Å². The average Bonchev–Trinajstić information content (AvgIpc) is 3.28. The van der Waals surface area contributed by atoms with Crippen molar-refractivity contribution in [2.24, 2.45) is 0 Å². The fourth-order valence-corrected chi connectivity index (χ4v) is 4.74. The summed E-state index contributed by atoms with van der Waals surface area (Å²) in [5.41, 5.74) is 7.19. The van der Waals surface area contributed by atoms with Crippen molar-refractivity contribution >= 4 is 17.3 Å². The molecule has 1 N–H and O–H groups in total. The van der Waals surface area contributed by atoms with Gasteiger partial charge in [0.25, 0.3) is 0 Å². The van der Waals surface area contributed by atoms with Gasteiger partial charge in [0.15, 0.2) is 0 Å². The van der Waals surface area contributed by atoms with Crippen LogP contribution in [0.2, 0.25) is 0 Å². The maximum absolute atomic E-state index is 12.8. The molecule has 0 spiro atoms. The van der Waals surface area contributed by atoms with Gasteiger partial charge in [-0.2, -0.15) is 0 Å². The van der Waals surface area contributed by atoms with Gasteiger partial charge in [0.2, 0.25) is 0 Å². The lowest BCUT2D eigenvalue weighted by Crippen LogP contribution is -2.38. The zero-order valence-electron chi connectivity index (χ0n) is 17.6. The minimum Gasteiger partial charge on any atom is -0.488 e. The normalized spacial score (nSPS) is 18.6. The second-order valence-corrected chi connectivity index (χ2v) is 8.58. The summed E-state index contributed by atoms with van der Waals surface area (Å²) in [5, 5.41) is 3.06. The van der Waals surface area contributed by atoms with Crippen LogP contribution in [0.4, 0.5) is 10.5 Å². The van der Waals surface area contributed by atoms with E-state index in [1.165, 1.54) is 48.2 Å². The third-order valence-corrected chi connectivity index (χ3v) is 6.60. The standard InChI is InChI=1S/C25H29N3O2/c1-18-21(15-27-11-4-5-12-27)17-30-24-14-22(8-9-23(18)24)26-25(29)28-13-10-19-6-2-3-7-20(19)16-28/h2-3,6-9,14H,4-5,10-13,15-17H2,1H3,(H,26,29). The Morgan fingerprint density at radius 3 is 2.70 bits per heavy atom. The Bertz CT molecular complexity index is 992. The molecule has 5 rings (SSSR count). The van der Waals surface area contributed by atoms with Crippen LogP contribution >= 0.6 is 0 Å². The first-order valence-electron chi connectivity index (χ1n) is 11.0. The van der Waals surface area contributed by atoms with E-state index in [2.05, 4.69) is 41.4 Å². The molecule has 0 saturated carbocycles. The second-order valence-electron chi connectivity index (χ2n) is 8.58. The molecular formula is C25H29N3O2. The summed E-state index contributed by atoms with van der Waals surface area (Å²) in [4.78, 5) is 17.2. The lowest BCUT2D eigenvalue weighted by molar-refractivity contribution is 0.206. The van der Waals surface area contributed by atoms with E-state index in [0.717, 1.165) is 36.5 Å². The summed E-state index contributed by atoms with van der Waals surface area (Å²) in [7, 11) is 0. The number of anilines is 1. The number of nitrogens with one attached hydrogen (secondary N) is 1. The number of likely N-dealkylation sites (tertiary alicyclic amines) is 1. The Morgan fingerprint density at radius 1 is 1.07 bits per heavy atom. The number of hydrogen-bond acceptors (Lipinski definition) is 3. The number of rotatable bonds is 3. The molecule has 0 aliphatic carbocycles. The largest absolute Gasteiger partial charge is 0.488 e. The summed E-state index contributed by atoms with van der Waals surface area (Å²) in [5.74, 6) is 0.861. The Hall–Kier alpha value is -2.79. The molecule has 2 aromatic rings. The zero-order valence-corrected chi connectivity index (χ0v) is 17.6. The lowest BCUT2D eigenvalue weighted by Gasteiger charge is -2.29. The third kappa shape index (κ3) is 3.82. The van der Waals surface area contributed by atoms with Gasteiger partial charge in [0, 0.05) is 37.0 Å². The number of carbonyl (C=O) groups is 1. The predicted molar refractivity (Wildman–Crippen MR) is 120 cm³/mol. The number of urea groups is 1. The van der Waals surface area contributed by atoms with Crippen molar-refractivity contribution in [2.75, 3.05) is 38.1 Å². The van der Waals surface area contributed by atoms with E-state index in [9.17, 15) is 4.79 Å². The molecule has 0 aromatic heterocycles.